The van der Waals surface area contributed by atoms with Crippen LogP contribution in [0, 0.1) is 6.92 Å². The van der Waals surface area contributed by atoms with E-state index in [1.54, 1.807) is 11.3 Å². The van der Waals surface area contributed by atoms with Gasteiger partial charge in [0.25, 0.3) is 5.91 Å². The molecule has 4 heteroatoms. The molecule has 1 aromatic rings. The van der Waals surface area contributed by atoms with Crippen LogP contribution in [0.15, 0.2) is 10.8 Å². The van der Waals surface area contributed by atoms with E-state index in [9.17, 15) is 4.79 Å². The molecule has 1 heterocycles. The van der Waals surface area contributed by atoms with Crippen LogP contribution in [-0.2, 0) is 0 Å². The summed E-state index contributed by atoms with van der Waals surface area (Å²) < 4.78 is 0. The number of aryl methyl sites for hydroxylation is 1. The van der Waals surface area contributed by atoms with Crippen LogP contribution in [0.4, 0.5) is 0 Å². The standard InChI is InChI=1S/C11H14ClNOS/c1-8-5-15-6-9(8)10(14)13-11(7-12)3-2-4-11/h5-6H,2-4,7H2,1H3,(H,13,14). The van der Waals surface area contributed by atoms with E-state index < -0.39 is 0 Å². The number of halogens is 1. The van der Waals surface area contributed by atoms with Gasteiger partial charge in [-0.3, -0.25) is 4.79 Å². The van der Waals surface area contributed by atoms with Crippen molar-refractivity contribution in [3.8, 4) is 0 Å². The average Bonchev–Trinajstić information content (AvgIpc) is 2.58. The Kier molecular flexibility index (Phi) is 3.03. The molecule has 0 aromatic carbocycles. The van der Waals surface area contributed by atoms with Crippen LogP contribution in [0.2, 0.25) is 0 Å². The molecule has 82 valence electrons. The lowest BCUT2D eigenvalue weighted by Crippen LogP contribution is -2.55. The van der Waals surface area contributed by atoms with Crippen LogP contribution in [0.25, 0.3) is 0 Å². The monoisotopic (exact) mass is 243 g/mol. The molecule has 1 fully saturated rings. The zero-order valence-electron chi connectivity index (χ0n) is 8.68. The molecule has 0 atom stereocenters. The summed E-state index contributed by atoms with van der Waals surface area (Å²) in [4.78, 5) is 11.9. The first-order valence-electron chi connectivity index (χ1n) is 5.08. The summed E-state index contributed by atoms with van der Waals surface area (Å²) in [5.74, 6) is 0.538. The van der Waals surface area contributed by atoms with Crippen molar-refractivity contribution in [1.82, 2.24) is 5.32 Å². The summed E-state index contributed by atoms with van der Waals surface area (Å²) in [6.45, 7) is 1.96. The fourth-order valence-corrected chi connectivity index (χ4v) is 2.96. The summed E-state index contributed by atoms with van der Waals surface area (Å²) in [7, 11) is 0. The van der Waals surface area contributed by atoms with Gasteiger partial charge in [0.2, 0.25) is 0 Å². The second kappa shape index (κ2) is 4.14. The zero-order valence-corrected chi connectivity index (χ0v) is 10.3. The first kappa shape index (κ1) is 11.0. The Morgan fingerprint density at radius 1 is 1.60 bits per heavy atom. The normalized spacial score (nSPS) is 18.3. The predicted molar refractivity (Wildman–Crippen MR) is 63.8 cm³/mol. The van der Waals surface area contributed by atoms with Gasteiger partial charge in [0, 0.05) is 11.3 Å². The molecule has 0 aliphatic heterocycles. The Balaban J connectivity index is 2.07. The van der Waals surface area contributed by atoms with E-state index in [1.807, 2.05) is 17.7 Å². The molecule has 1 aromatic heterocycles. The molecule has 1 saturated carbocycles. The van der Waals surface area contributed by atoms with E-state index in [-0.39, 0.29) is 11.4 Å². The average molecular weight is 244 g/mol. The third kappa shape index (κ3) is 2.04. The van der Waals surface area contributed by atoms with Crippen LogP contribution in [0.5, 0.6) is 0 Å². The summed E-state index contributed by atoms with van der Waals surface area (Å²) >= 11 is 7.45. The molecule has 0 bridgehead atoms. The van der Waals surface area contributed by atoms with E-state index >= 15 is 0 Å². The number of hydrogen-bond donors (Lipinski definition) is 1. The highest BCUT2D eigenvalue weighted by atomic mass is 35.5. The van der Waals surface area contributed by atoms with Crippen molar-refractivity contribution in [2.45, 2.75) is 31.7 Å². The molecule has 0 unspecified atom stereocenters. The molecule has 1 aliphatic carbocycles. The quantitative estimate of drug-likeness (QED) is 0.813. The molecule has 2 rings (SSSR count). The summed E-state index contributed by atoms with van der Waals surface area (Å²) in [6, 6.07) is 0. The molecule has 15 heavy (non-hydrogen) atoms. The van der Waals surface area contributed by atoms with Crippen molar-refractivity contribution in [3.05, 3.63) is 21.9 Å². The number of rotatable bonds is 3. The summed E-state index contributed by atoms with van der Waals surface area (Å²) in [5, 5.41) is 6.94. The highest BCUT2D eigenvalue weighted by molar-refractivity contribution is 7.08. The van der Waals surface area contributed by atoms with Crippen LogP contribution < -0.4 is 5.32 Å². The molecule has 2 nitrogen and oxygen atoms in total. The lowest BCUT2D eigenvalue weighted by Gasteiger charge is -2.40. The molecule has 0 radical (unpaired) electrons. The highest BCUT2D eigenvalue weighted by Gasteiger charge is 2.37. The largest absolute Gasteiger partial charge is 0.345 e. The number of hydrogen-bond acceptors (Lipinski definition) is 2. The predicted octanol–water partition coefficient (Wildman–Crippen LogP) is 2.95. The van der Waals surface area contributed by atoms with E-state index in [4.69, 9.17) is 11.6 Å². The molecular formula is C11H14ClNOS. The maximum absolute atomic E-state index is 11.9. The molecule has 1 aliphatic rings. The van der Waals surface area contributed by atoms with Gasteiger partial charge in [-0.1, -0.05) is 0 Å². The van der Waals surface area contributed by atoms with Crippen LogP contribution in [-0.4, -0.2) is 17.3 Å². The van der Waals surface area contributed by atoms with Crippen LogP contribution in [0.1, 0.15) is 35.2 Å². The first-order chi connectivity index (χ1) is 7.17. The fourth-order valence-electron chi connectivity index (χ4n) is 1.80. The Morgan fingerprint density at radius 3 is 2.73 bits per heavy atom. The van der Waals surface area contributed by atoms with Gasteiger partial charge in [-0.15, -0.1) is 11.6 Å². The zero-order chi connectivity index (χ0) is 10.9. The number of amides is 1. The SMILES string of the molecule is Cc1cscc1C(=O)NC1(CCl)CCC1. The highest BCUT2D eigenvalue weighted by Crippen LogP contribution is 2.33. The lowest BCUT2D eigenvalue weighted by atomic mass is 9.78. The molecular weight excluding hydrogens is 230 g/mol. The van der Waals surface area contributed by atoms with Gasteiger partial charge in [-0.05, 0) is 37.1 Å². The number of alkyl halides is 1. The minimum absolute atomic E-state index is 0.0223. The molecule has 0 saturated heterocycles. The molecule has 0 spiro atoms. The number of carbonyl (C=O) groups excluding carboxylic acids is 1. The number of thiophene rings is 1. The van der Waals surface area contributed by atoms with Gasteiger partial charge in [-0.2, -0.15) is 11.3 Å². The van der Waals surface area contributed by atoms with Crippen molar-refractivity contribution in [1.29, 1.82) is 0 Å². The summed E-state index contributed by atoms with van der Waals surface area (Å²) in [6.07, 6.45) is 3.17. The van der Waals surface area contributed by atoms with E-state index in [0.29, 0.717) is 5.88 Å². The third-order valence-corrected chi connectivity index (χ3v) is 4.42. The number of carbonyl (C=O) groups is 1. The van der Waals surface area contributed by atoms with E-state index in [0.717, 1.165) is 30.4 Å². The van der Waals surface area contributed by atoms with Crippen molar-refractivity contribution in [2.75, 3.05) is 5.88 Å². The van der Waals surface area contributed by atoms with Crippen LogP contribution >= 0.6 is 22.9 Å². The number of nitrogens with one attached hydrogen (secondary N) is 1. The van der Waals surface area contributed by atoms with Gasteiger partial charge in [0.05, 0.1) is 11.1 Å². The van der Waals surface area contributed by atoms with Gasteiger partial charge in [0.1, 0.15) is 0 Å². The van der Waals surface area contributed by atoms with Gasteiger partial charge in [0.15, 0.2) is 0 Å². The Hall–Kier alpha value is -0.540. The van der Waals surface area contributed by atoms with Crippen molar-refractivity contribution in [3.63, 3.8) is 0 Å². The minimum atomic E-state index is -0.132. The van der Waals surface area contributed by atoms with E-state index in [1.165, 1.54) is 0 Å². The van der Waals surface area contributed by atoms with Gasteiger partial charge < -0.3 is 5.32 Å². The fraction of sp³-hybridized carbons (Fsp3) is 0.545. The van der Waals surface area contributed by atoms with Crippen molar-refractivity contribution in [2.24, 2.45) is 0 Å². The molecule has 1 N–H and O–H groups in total. The second-order valence-corrected chi connectivity index (χ2v) is 5.20. The topological polar surface area (TPSA) is 29.1 Å². The first-order valence-corrected chi connectivity index (χ1v) is 6.56. The maximum atomic E-state index is 11.9. The van der Waals surface area contributed by atoms with Crippen molar-refractivity contribution >= 4 is 28.8 Å². The third-order valence-electron chi connectivity index (χ3n) is 3.05. The Morgan fingerprint density at radius 2 is 2.33 bits per heavy atom. The maximum Gasteiger partial charge on any atom is 0.252 e. The lowest BCUT2D eigenvalue weighted by molar-refractivity contribution is 0.0854. The van der Waals surface area contributed by atoms with Gasteiger partial charge in [-0.25, -0.2) is 0 Å². The molecule has 1 amide bonds. The van der Waals surface area contributed by atoms with Crippen LogP contribution in [0.3, 0.4) is 0 Å². The van der Waals surface area contributed by atoms with E-state index in [2.05, 4.69) is 5.32 Å². The summed E-state index contributed by atoms with van der Waals surface area (Å²) in [5.41, 5.74) is 1.70. The van der Waals surface area contributed by atoms with Gasteiger partial charge >= 0.3 is 0 Å². The second-order valence-electron chi connectivity index (χ2n) is 4.19. The Labute approximate surface area is 98.6 Å². The smallest absolute Gasteiger partial charge is 0.252 e. The van der Waals surface area contributed by atoms with Crippen molar-refractivity contribution < 1.29 is 4.79 Å². The Bertz CT molecular complexity index is 365. The minimum Gasteiger partial charge on any atom is -0.345 e.